The van der Waals surface area contributed by atoms with Crippen LogP contribution in [0.5, 0.6) is 0 Å². The van der Waals surface area contributed by atoms with Gasteiger partial charge in [-0.3, -0.25) is 4.90 Å². The lowest BCUT2D eigenvalue weighted by Gasteiger charge is -2.31. The third-order valence-corrected chi connectivity index (χ3v) is 5.33. The molecule has 2 heterocycles. The van der Waals surface area contributed by atoms with Gasteiger partial charge < -0.3 is 9.64 Å². The molecule has 2 aliphatic heterocycles. The van der Waals surface area contributed by atoms with Crippen LogP contribution in [0.3, 0.4) is 0 Å². The smallest absolute Gasteiger partial charge is 0.100 e. The summed E-state index contributed by atoms with van der Waals surface area (Å²) in [5.41, 5.74) is 1.32. The Morgan fingerprint density at radius 3 is 2.48 bits per heavy atom. The standard InChI is InChI=1S/C20H32N2O/c1-17(2)19-20(18-10-5-3-6-11-18)23-16-22(19)15-9-14-21-12-7-4-8-13-21/h3,5-6,10-11,17,19-20H,4,7-9,12-16H2,1-2H3. The van der Waals surface area contributed by atoms with Crippen molar-refractivity contribution in [2.75, 3.05) is 32.9 Å². The second-order valence-electron chi connectivity index (χ2n) is 7.43. The van der Waals surface area contributed by atoms with Gasteiger partial charge in [-0.1, -0.05) is 50.6 Å². The number of piperidine rings is 1. The highest BCUT2D eigenvalue weighted by Gasteiger charge is 2.37. The Morgan fingerprint density at radius 2 is 1.78 bits per heavy atom. The molecular formula is C20H32N2O. The number of rotatable bonds is 6. The molecule has 0 N–H and O–H groups in total. The van der Waals surface area contributed by atoms with Crippen molar-refractivity contribution in [2.24, 2.45) is 5.92 Å². The first kappa shape index (κ1) is 16.9. The van der Waals surface area contributed by atoms with Crippen molar-refractivity contribution in [3.8, 4) is 0 Å². The van der Waals surface area contributed by atoms with Gasteiger partial charge in [-0.15, -0.1) is 0 Å². The summed E-state index contributed by atoms with van der Waals surface area (Å²) in [6, 6.07) is 11.2. The number of hydrogen-bond acceptors (Lipinski definition) is 3. The molecule has 23 heavy (non-hydrogen) atoms. The number of nitrogens with zero attached hydrogens (tertiary/aromatic N) is 2. The predicted octanol–water partition coefficient (Wildman–Crippen LogP) is 3.92. The van der Waals surface area contributed by atoms with Gasteiger partial charge in [0, 0.05) is 12.6 Å². The van der Waals surface area contributed by atoms with Crippen molar-refractivity contribution in [1.29, 1.82) is 0 Å². The normalized spacial score (nSPS) is 26.9. The summed E-state index contributed by atoms with van der Waals surface area (Å²) < 4.78 is 6.18. The minimum atomic E-state index is 0.228. The molecule has 1 aromatic carbocycles. The summed E-state index contributed by atoms with van der Waals surface area (Å²) in [6.07, 6.45) is 5.68. The number of ether oxygens (including phenoxy) is 1. The van der Waals surface area contributed by atoms with Gasteiger partial charge in [0.1, 0.15) is 12.8 Å². The molecular weight excluding hydrogens is 284 g/mol. The Hall–Kier alpha value is -0.900. The molecule has 2 atom stereocenters. The van der Waals surface area contributed by atoms with Crippen LogP contribution in [0.2, 0.25) is 0 Å². The Labute approximate surface area is 141 Å². The molecule has 3 rings (SSSR count). The Kier molecular flexibility index (Phi) is 6.09. The average molecular weight is 316 g/mol. The predicted molar refractivity (Wildman–Crippen MR) is 95.4 cm³/mol. The maximum Gasteiger partial charge on any atom is 0.100 e. The minimum absolute atomic E-state index is 0.228. The van der Waals surface area contributed by atoms with Crippen molar-refractivity contribution in [3.63, 3.8) is 0 Å². The minimum Gasteiger partial charge on any atom is -0.356 e. The van der Waals surface area contributed by atoms with E-state index in [-0.39, 0.29) is 6.10 Å². The van der Waals surface area contributed by atoms with Crippen LogP contribution >= 0.6 is 0 Å². The number of hydrogen-bond donors (Lipinski definition) is 0. The molecule has 0 spiro atoms. The molecule has 0 amide bonds. The van der Waals surface area contributed by atoms with Crippen molar-refractivity contribution < 1.29 is 4.74 Å². The lowest BCUT2D eigenvalue weighted by Crippen LogP contribution is -2.39. The summed E-state index contributed by atoms with van der Waals surface area (Å²) >= 11 is 0. The molecule has 0 saturated carbocycles. The van der Waals surface area contributed by atoms with E-state index in [0.29, 0.717) is 12.0 Å². The summed E-state index contributed by atoms with van der Waals surface area (Å²) in [6.45, 7) is 10.4. The van der Waals surface area contributed by atoms with E-state index >= 15 is 0 Å². The summed E-state index contributed by atoms with van der Waals surface area (Å²) in [4.78, 5) is 5.20. The molecule has 2 aliphatic rings. The summed E-state index contributed by atoms with van der Waals surface area (Å²) in [5, 5.41) is 0. The zero-order valence-corrected chi connectivity index (χ0v) is 14.8. The molecule has 3 nitrogen and oxygen atoms in total. The van der Waals surface area contributed by atoms with Crippen LogP contribution in [-0.4, -0.2) is 48.8 Å². The monoisotopic (exact) mass is 316 g/mol. The summed E-state index contributed by atoms with van der Waals surface area (Å²) in [7, 11) is 0. The first-order valence-corrected chi connectivity index (χ1v) is 9.38. The van der Waals surface area contributed by atoms with E-state index in [1.807, 2.05) is 0 Å². The molecule has 3 heteroatoms. The van der Waals surface area contributed by atoms with E-state index in [2.05, 4.69) is 54.0 Å². The van der Waals surface area contributed by atoms with Crippen LogP contribution < -0.4 is 0 Å². The third kappa shape index (κ3) is 4.34. The molecule has 1 aromatic rings. The highest BCUT2D eigenvalue weighted by Crippen LogP contribution is 2.35. The molecule has 0 radical (unpaired) electrons. The van der Waals surface area contributed by atoms with E-state index in [4.69, 9.17) is 4.74 Å². The largest absolute Gasteiger partial charge is 0.356 e. The van der Waals surface area contributed by atoms with E-state index in [1.165, 1.54) is 50.9 Å². The fraction of sp³-hybridized carbons (Fsp3) is 0.700. The van der Waals surface area contributed by atoms with E-state index in [1.54, 1.807) is 0 Å². The van der Waals surface area contributed by atoms with Gasteiger partial charge in [0.25, 0.3) is 0 Å². The van der Waals surface area contributed by atoms with Crippen LogP contribution in [0.4, 0.5) is 0 Å². The quantitative estimate of drug-likeness (QED) is 0.791. The van der Waals surface area contributed by atoms with Crippen molar-refractivity contribution >= 4 is 0 Å². The van der Waals surface area contributed by atoms with Crippen molar-refractivity contribution in [2.45, 2.75) is 51.7 Å². The summed E-state index contributed by atoms with van der Waals surface area (Å²) in [5.74, 6) is 0.609. The molecule has 2 fully saturated rings. The van der Waals surface area contributed by atoms with Gasteiger partial charge in [0.15, 0.2) is 0 Å². The van der Waals surface area contributed by atoms with Gasteiger partial charge in [-0.2, -0.15) is 0 Å². The van der Waals surface area contributed by atoms with Crippen LogP contribution in [-0.2, 0) is 4.74 Å². The van der Waals surface area contributed by atoms with Crippen LogP contribution in [0.1, 0.15) is 51.2 Å². The first-order chi connectivity index (χ1) is 11.3. The number of likely N-dealkylation sites (tertiary alicyclic amines) is 1. The van der Waals surface area contributed by atoms with Crippen molar-refractivity contribution in [3.05, 3.63) is 35.9 Å². The first-order valence-electron chi connectivity index (χ1n) is 9.38. The lowest BCUT2D eigenvalue weighted by atomic mass is 9.93. The van der Waals surface area contributed by atoms with Gasteiger partial charge in [0.2, 0.25) is 0 Å². The maximum absolute atomic E-state index is 6.18. The highest BCUT2D eigenvalue weighted by molar-refractivity contribution is 5.20. The molecule has 2 saturated heterocycles. The highest BCUT2D eigenvalue weighted by atomic mass is 16.5. The fourth-order valence-corrected chi connectivity index (χ4v) is 4.15. The topological polar surface area (TPSA) is 15.7 Å². The Balaban J connectivity index is 1.54. The van der Waals surface area contributed by atoms with Crippen LogP contribution in [0.15, 0.2) is 30.3 Å². The number of benzene rings is 1. The van der Waals surface area contributed by atoms with Gasteiger partial charge in [0.05, 0.1) is 0 Å². The van der Waals surface area contributed by atoms with Gasteiger partial charge in [-0.25, -0.2) is 0 Å². The average Bonchev–Trinajstić information content (AvgIpc) is 3.01. The van der Waals surface area contributed by atoms with Crippen molar-refractivity contribution in [1.82, 2.24) is 9.80 Å². The van der Waals surface area contributed by atoms with E-state index < -0.39 is 0 Å². The lowest BCUT2D eigenvalue weighted by molar-refractivity contribution is 0.0864. The third-order valence-electron chi connectivity index (χ3n) is 5.33. The molecule has 128 valence electrons. The van der Waals surface area contributed by atoms with Crippen LogP contribution in [0, 0.1) is 5.92 Å². The van der Waals surface area contributed by atoms with Gasteiger partial charge in [-0.05, 0) is 50.4 Å². The second kappa shape index (κ2) is 8.27. The molecule has 2 unspecified atom stereocenters. The Morgan fingerprint density at radius 1 is 1.04 bits per heavy atom. The molecule has 0 aliphatic carbocycles. The van der Waals surface area contributed by atoms with Crippen LogP contribution in [0.25, 0.3) is 0 Å². The molecule has 0 bridgehead atoms. The molecule has 0 aromatic heterocycles. The van der Waals surface area contributed by atoms with E-state index in [9.17, 15) is 0 Å². The SMILES string of the molecule is CC(C)C1C(c2ccccc2)OCN1CCCN1CCCCC1. The second-order valence-corrected chi connectivity index (χ2v) is 7.43. The Bertz CT molecular complexity index is 456. The van der Waals surface area contributed by atoms with E-state index in [0.717, 1.165) is 13.3 Å². The maximum atomic E-state index is 6.18. The zero-order valence-electron chi connectivity index (χ0n) is 14.8. The van der Waals surface area contributed by atoms with Gasteiger partial charge >= 0.3 is 0 Å². The zero-order chi connectivity index (χ0) is 16.1. The fourth-order valence-electron chi connectivity index (χ4n) is 4.15.